The molecule has 3 rings (SSSR count). The van der Waals surface area contributed by atoms with Crippen LogP contribution in [0.2, 0.25) is 0 Å². The molecule has 1 unspecified atom stereocenters. The van der Waals surface area contributed by atoms with Crippen LogP contribution in [0, 0.1) is 0 Å². The van der Waals surface area contributed by atoms with E-state index in [2.05, 4.69) is 15.2 Å². The molecule has 0 amide bonds. The van der Waals surface area contributed by atoms with Gasteiger partial charge in [0, 0.05) is 37.6 Å². The van der Waals surface area contributed by atoms with E-state index in [9.17, 15) is 8.78 Å². The van der Waals surface area contributed by atoms with Gasteiger partial charge in [0.1, 0.15) is 11.6 Å². The molecule has 1 aliphatic rings. The zero-order valence-corrected chi connectivity index (χ0v) is 15.4. The van der Waals surface area contributed by atoms with E-state index < -0.39 is 6.55 Å². The van der Waals surface area contributed by atoms with Crippen LogP contribution in [0.5, 0.6) is 5.75 Å². The number of halogens is 4. The van der Waals surface area contributed by atoms with Crippen LogP contribution in [-0.4, -0.2) is 41.2 Å². The standard InChI is InChI=1S/C16H20F2N4O.2ClH/c1-23-14-5-3-2-4-12(14)13-10-19-6-8-21(13)11-15-20-7-9-22(15)16(17)18;;/h2-5,7,9,13,16,19H,6,8,10-11H2,1H3;2*1H. The minimum Gasteiger partial charge on any atom is -0.496 e. The van der Waals surface area contributed by atoms with Crippen molar-refractivity contribution in [2.24, 2.45) is 0 Å². The summed E-state index contributed by atoms with van der Waals surface area (Å²) < 4.78 is 32.4. The topological polar surface area (TPSA) is 42.3 Å². The number of hydrogen-bond donors (Lipinski definition) is 1. The van der Waals surface area contributed by atoms with Gasteiger partial charge >= 0.3 is 6.55 Å². The van der Waals surface area contributed by atoms with Crippen molar-refractivity contribution >= 4 is 24.8 Å². The van der Waals surface area contributed by atoms with Gasteiger partial charge < -0.3 is 10.1 Å². The Morgan fingerprint density at radius 2 is 2.08 bits per heavy atom. The van der Waals surface area contributed by atoms with E-state index >= 15 is 0 Å². The Balaban J connectivity index is 0.00000156. The molecule has 2 heterocycles. The Bertz CT molecular complexity index is 657. The van der Waals surface area contributed by atoms with Crippen LogP contribution in [0.1, 0.15) is 24.0 Å². The number of alkyl halides is 2. The van der Waals surface area contributed by atoms with Crippen LogP contribution in [0.15, 0.2) is 36.7 Å². The summed E-state index contributed by atoms with van der Waals surface area (Å²) in [5.41, 5.74) is 1.05. The second kappa shape index (κ2) is 9.91. The molecule has 5 nitrogen and oxygen atoms in total. The molecular formula is C16H22Cl2F2N4O. The fourth-order valence-corrected chi connectivity index (χ4v) is 3.01. The van der Waals surface area contributed by atoms with E-state index in [1.165, 1.54) is 12.4 Å². The lowest BCUT2D eigenvalue weighted by molar-refractivity contribution is 0.0603. The summed E-state index contributed by atoms with van der Waals surface area (Å²) in [5, 5.41) is 3.36. The van der Waals surface area contributed by atoms with Crippen molar-refractivity contribution in [3.8, 4) is 5.75 Å². The van der Waals surface area contributed by atoms with Crippen molar-refractivity contribution in [1.82, 2.24) is 19.8 Å². The van der Waals surface area contributed by atoms with Crippen LogP contribution in [0.25, 0.3) is 0 Å². The number of aromatic nitrogens is 2. The first-order valence-electron chi connectivity index (χ1n) is 7.58. The number of nitrogens with zero attached hydrogens (tertiary/aromatic N) is 3. The number of para-hydroxylation sites is 1. The largest absolute Gasteiger partial charge is 0.496 e. The van der Waals surface area contributed by atoms with E-state index in [1.54, 1.807) is 7.11 Å². The quantitative estimate of drug-likeness (QED) is 0.844. The molecule has 1 N–H and O–H groups in total. The molecule has 0 saturated carbocycles. The van der Waals surface area contributed by atoms with Gasteiger partial charge in [-0.05, 0) is 6.07 Å². The van der Waals surface area contributed by atoms with Gasteiger partial charge in [-0.25, -0.2) is 4.98 Å². The lowest BCUT2D eigenvalue weighted by atomic mass is 10.0. The lowest BCUT2D eigenvalue weighted by Crippen LogP contribution is -2.46. The first-order valence-corrected chi connectivity index (χ1v) is 7.58. The number of nitrogens with one attached hydrogen (secondary N) is 1. The van der Waals surface area contributed by atoms with Crippen LogP contribution in [0.4, 0.5) is 8.78 Å². The number of piperazine rings is 1. The van der Waals surface area contributed by atoms with E-state index in [1.807, 2.05) is 24.3 Å². The Kier molecular flexibility index (Phi) is 8.58. The smallest absolute Gasteiger partial charge is 0.319 e. The fraction of sp³-hybridized carbons (Fsp3) is 0.438. The van der Waals surface area contributed by atoms with Gasteiger partial charge in [-0.1, -0.05) is 18.2 Å². The highest BCUT2D eigenvalue weighted by Crippen LogP contribution is 2.31. The molecule has 1 fully saturated rings. The molecule has 0 radical (unpaired) electrons. The number of rotatable bonds is 5. The van der Waals surface area contributed by atoms with Gasteiger partial charge in [-0.15, -0.1) is 24.8 Å². The molecule has 0 aliphatic carbocycles. The highest BCUT2D eigenvalue weighted by atomic mass is 35.5. The minimum atomic E-state index is -2.57. The fourth-order valence-electron chi connectivity index (χ4n) is 3.01. The summed E-state index contributed by atoms with van der Waals surface area (Å²) in [4.78, 5) is 6.25. The Morgan fingerprint density at radius 1 is 1.32 bits per heavy atom. The normalized spacial score (nSPS) is 17.7. The summed E-state index contributed by atoms with van der Waals surface area (Å²) >= 11 is 0. The van der Waals surface area contributed by atoms with Crippen LogP contribution < -0.4 is 10.1 Å². The maximum atomic E-state index is 13.0. The van der Waals surface area contributed by atoms with Crippen molar-refractivity contribution in [2.75, 3.05) is 26.7 Å². The molecule has 1 saturated heterocycles. The second-order valence-electron chi connectivity index (χ2n) is 5.46. The Labute approximate surface area is 158 Å². The third-order valence-electron chi connectivity index (χ3n) is 4.16. The molecule has 0 spiro atoms. The summed E-state index contributed by atoms with van der Waals surface area (Å²) in [6, 6.07) is 7.88. The predicted octanol–water partition coefficient (Wildman–Crippen LogP) is 3.28. The van der Waals surface area contributed by atoms with Crippen LogP contribution in [0.3, 0.4) is 0 Å². The summed E-state index contributed by atoms with van der Waals surface area (Å²) in [5.74, 6) is 1.19. The molecule has 25 heavy (non-hydrogen) atoms. The van der Waals surface area contributed by atoms with Crippen molar-refractivity contribution in [1.29, 1.82) is 0 Å². The number of methoxy groups -OCH3 is 1. The van der Waals surface area contributed by atoms with Crippen molar-refractivity contribution in [3.05, 3.63) is 48.0 Å². The van der Waals surface area contributed by atoms with Gasteiger partial charge in [0.25, 0.3) is 0 Å². The van der Waals surface area contributed by atoms with E-state index in [0.29, 0.717) is 12.4 Å². The SMILES string of the molecule is COc1ccccc1C1CNCCN1Cc1nccn1C(F)F.Cl.Cl. The third-order valence-corrected chi connectivity index (χ3v) is 4.16. The number of hydrogen-bond acceptors (Lipinski definition) is 4. The average Bonchev–Trinajstić information content (AvgIpc) is 3.04. The second-order valence-corrected chi connectivity index (χ2v) is 5.46. The minimum absolute atomic E-state index is 0. The zero-order chi connectivity index (χ0) is 16.2. The van der Waals surface area contributed by atoms with E-state index in [0.717, 1.165) is 35.5 Å². The predicted molar refractivity (Wildman–Crippen MR) is 97.0 cm³/mol. The molecule has 0 bridgehead atoms. The van der Waals surface area contributed by atoms with Gasteiger partial charge in [0.2, 0.25) is 0 Å². The monoisotopic (exact) mass is 394 g/mol. The summed E-state index contributed by atoms with van der Waals surface area (Å²) in [6.45, 7) is 0.136. The zero-order valence-electron chi connectivity index (χ0n) is 13.8. The first-order chi connectivity index (χ1) is 11.2. The summed E-state index contributed by atoms with van der Waals surface area (Å²) in [7, 11) is 1.64. The van der Waals surface area contributed by atoms with Crippen molar-refractivity contribution < 1.29 is 13.5 Å². The Morgan fingerprint density at radius 3 is 2.80 bits per heavy atom. The molecule has 1 aliphatic heterocycles. The Hall–Kier alpha value is -1.41. The van der Waals surface area contributed by atoms with Crippen molar-refractivity contribution in [2.45, 2.75) is 19.1 Å². The maximum Gasteiger partial charge on any atom is 0.319 e. The summed E-state index contributed by atoms with van der Waals surface area (Å²) in [6.07, 6.45) is 2.74. The van der Waals surface area contributed by atoms with Gasteiger partial charge in [0.15, 0.2) is 0 Å². The van der Waals surface area contributed by atoms with Crippen LogP contribution >= 0.6 is 24.8 Å². The van der Waals surface area contributed by atoms with Crippen LogP contribution in [-0.2, 0) is 6.54 Å². The molecule has 1 aromatic carbocycles. The maximum absolute atomic E-state index is 13.0. The molecular weight excluding hydrogens is 373 g/mol. The highest BCUT2D eigenvalue weighted by molar-refractivity contribution is 5.85. The molecule has 9 heteroatoms. The third kappa shape index (κ3) is 4.82. The van der Waals surface area contributed by atoms with Crippen molar-refractivity contribution in [3.63, 3.8) is 0 Å². The number of ether oxygens (including phenoxy) is 1. The number of imidazole rings is 1. The van der Waals surface area contributed by atoms with E-state index in [-0.39, 0.29) is 30.9 Å². The van der Waals surface area contributed by atoms with E-state index in [4.69, 9.17) is 4.74 Å². The van der Waals surface area contributed by atoms with Gasteiger partial charge in [0.05, 0.1) is 19.7 Å². The lowest BCUT2D eigenvalue weighted by Gasteiger charge is -2.36. The van der Waals surface area contributed by atoms with Gasteiger partial charge in [-0.3, -0.25) is 9.47 Å². The first kappa shape index (κ1) is 21.6. The molecule has 140 valence electrons. The average molecular weight is 395 g/mol. The molecule has 2 aromatic rings. The highest BCUT2D eigenvalue weighted by Gasteiger charge is 2.27. The number of benzene rings is 1. The van der Waals surface area contributed by atoms with Gasteiger partial charge in [-0.2, -0.15) is 8.78 Å². The molecule has 1 atom stereocenters. The molecule has 1 aromatic heterocycles.